The van der Waals surface area contributed by atoms with Gasteiger partial charge in [0.2, 0.25) is 0 Å². The van der Waals surface area contributed by atoms with E-state index in [2.05, 4.69) is 27.7 Å². The molecule has 1 rings (SSSR count). The van der Waals surface area contributed by atoms with Gasteiger partial charge in [0.25, 0.3) is 0 Å². The van der Waals surface area contributed by atoms with Crippen LogP contribution < -0.4 is 0 Å². The Kier molecular flexibility index (Phi) is 3.63. The van der Waals surface area contributed by atoms with Gasteiger partial charge < -0.3 is 5.11 Å². The highest BCUT2D eigenvalue weighted by Crippen LogP contribution is 2.46. The van der Waals surface area contributed by atoms with E-state index in [-0.39, 0.29) is 5.60 Å². The van der Waals surface area contributed by atoms with Gasteiger partial charge in [0.1, 0.15) is 0 Å². The molecule has 0 aromatic carbocycles. The van der Waals surface area contributed by atoms with Crippen molar-refractivity contribution in [1.82, 2.24) is 0 Å². The van der Waals surface area contributed by atoms with E-state index in [1.54, 1.807) is 0 Å². The summed E-state index contributed by atoms with van der Waals surface area (Å²) in [4.78, 5) is 0. The molecule has 0 bridgehead atoms. The molecule has 0 aromatic rings. The molecule has 1 aliphatic rings. The van der Waals surface area contributed by atoms with Crippen LogP contribution in [-0.2, 0) is 0 Å². The summed E-state index contributed by atoms with van der Waals surface area (Å²) < 4.78 is 0. The second-order valence-corrected chi connectivity index (χ2v) is 5.95. The van der Waals surface area contributed by atoms with Crippen molar-refractivity contribution < 1.29 is 5.11 Å². The van der Waals surface area contributed by atoms with Gasteiger partial charge in [-0.2, -0.15) is 0 Å². The Labute approximate surface area is 88.9 Å². The van der Waals surface area contributed by atoms with E-state index >= 15 is 0 Å². The lowest BCUT2D eigenvalue weighted by molar-refractivity contribution is 0.0119. The third-order valence-corrected chi connectivity index (χ3v) is 3.90. The maximum Gasteiger partial charge on any atom is 0.0655 e. The van der Waals surface area contributed by atoms with Crippen LogP contribution in [0, 0.1) is 11.3 Å². The molecule has 1 saturated carbocycles. The van der Waals surface area contributed by atoms with Gasteiger partial charge in [0.05, 0.1) is 5.60 Å². The van der Waals surface area contributed by atoms with Crippen LogP contribution in [0.4, 0.5) is 0 Å². The summed E-state index contributed by atoms with van der Waals surface area (Å²) in [6.45, 7) is 9.02. The minimum Gasteiger partial charge on any atom is -0.390 e. The van der Waals surface area contributed by atoms with Crippen molar-refractivity contribution in [3.8, 4) is 0 Å². The predicted octanol–water partition coefficient (Wildman–Crippen LogP) is 3.75. The van der Waals surface area contributed by atoms with E-state index < -0.39 is 0 Å². The van der Waals surface area contributed by atoms with Gasteiger partial charge in [-0.3, -0.25) is 0 Å². The smallest absolute Gasteiger partial charge is 0.0655 e. The Balaban J connectivity index is 2.51. The first kappa shape index (κ1) is 12.0. The second-order valence-electron chi connectivity index (χ2n) is 5.95. The van der Waals surface area contributed by atoms with Crippen molar-refractivity contribution in [2.75, 3.05) is 0 Å². The van der Waals surface area contributed by atoms with Gasteiger partial charge in [-0.25, -0.2) is 0 Å². The highest BCUT2D eigenvalue weighted by atomic mass is 16.3. The van der Waals surface area contributed by atoms with Crippen molar-refractivity contribution in [2.24, 2.45) is 11.3 Å². The number of hydrogen-bond acceptors (Lipinski definition) is 1. The van der Waals surface area contributed by atoms with E-state index in [1.165, 1.54) is 19.3 Å². The monoisotopic (exact) mass is 198 g/mol. The van der Waals surface area contributed by atoms with Crippen LogP contribution in [0.15, 0.2) is 0 Å². The van der Waals surface area contributed by atoms with E-state index in [0.29, 0.717) is 11.3 Å². The quantitative estimate of drug-likeness (QED) is 0.729. The Hall–Kier alpha value is -0.0400. The third kappa shape index (κ3) is 2.98. The second kappa shape index (κ2) is 4.22. The van der Waals surface area contributed by atoms with Crippen LogP contribution in [0.2, 0.25) is 0 Å². The minimum atomic E-state index is -0.347. The largest absolute Gasteiger partial charge is 0.390 e. The van der Waals surface area contributed by atoms with Gasteiger partial charge in [-0.05, 0) is 37.0 Å². The molecular weight excluding hydrogens is 172 g/mol. The summed E-state index contributed by atoms with van der Waals surface area (Å²) in [6.07, 6.45) is 6.62. The molecule has 1 heteroatoms. The van der Waals surface area contributed by atoms with Crippen molar-refractivity contribution in [3.05, 3.63) is 0 Å². The maximum atomic E-state index is 10.5. The van der Waals surface area contributed by atoms with Crippen LogP contribution in [0.1, 0.15) is 66.2 Å². The van der Waals surface area contributed by atoms with Crippen molar-refractivity contribution >= 4 is 0 Å². The SMILES string of the molecule is CCC(CC)CC1(O)CCC(C)(C)C1. The van der Waals surface area contributed by atoms with Crippen LogP contribution in [-0.4, -0.2) is 10.7 Å². The van der Waals surface area contributed by atoms with Gasteiger partial charge in [-0.15, -0.1) is 0 Å². The van der Waals surface area contributed by atoms with E-state index in [4.69, 9.17) is 0 Å². The van der Waals surface area contributed by atoms with E-state index in [9.17, 15) is 5.11 Å². The van der Waals surface area contributed by atoms with Crippen LogP contribution in [0.25, 0.3) is 0 Å². The zero-order chi connectivity index (χ0) is 10.8. The summed E-state index contributed by atoms with van der Waals surface area (Å²) >= 11 is 0. The molecule has 1 aliphatic carbocycles. The molecule has 1 unspecified atom stereocenters. The Morgan fingerprint density at radius 2 is 1.71 bits per heavy atom. The molecule has 0 saturated heterocycles. The molecule has 84 valence electrons. The molecule has 1 fully saturated rings. The molecule has 0 aliphatic heterocycles. The Bertz CT molecular complexity index is 182. The van der Waals surface area contributed by atoms with Crippen LogP contribution in [0.3, 0.4) is 0 Å². The van der Waals surface area contributed by atoms with E-state index in [1.807, 2.05) is 0 Å². The minimum absolute atomic E-state index is 0.347. The van der Waals surface area contributed by atoms with Gasteiger partial charge in [0, 0.05) is 0 Å². The maximum absolute atomic E-state index is 10.5. The molecule has 0 aromatic heterocycles. The van der Waals surface area contributed by atoms with Crippen molar-refractivity contribution in [3.63, 3.8) is 0 Å². The lowest BCUT2D eigenvalue weighted by Gasteiger charge is -2.28. The van der Waals surface area contributed by atoms with E-state index in [0.717, 1.165) is 19.3 Å². The highest BCUT2D eigenvalue weighted by molar-refractivity contribution is 4.94. The van der Waals surface area contributed by atoms with Crippen molar-refractivity contribution in [1.29, 1.82) is 0 Å². The first-order chi connectivity index (χ1) is 6.41. The number of hydrogen-bond donors (Lipinski definition) is 1. The van der Waals surface area contributed by atoms with Crippen molar-refractivity contribution in [2.45, 2.75) is 71.8 Å². The average Bonchev–Trinajstić information content (AvgIpc) is 2.37. The molecule has 0 amide bonds. The lowest BCUT2D eigenvalue weighted by atomic mass is 9.83. The highest BCUT2D eigenvalue weighted by Gasteiger charge is 2.42. The summed E-state index contributed by atoms with van der Waals surface area (Å²) in [6, 6.07) is 0. The van der Waals surface area contributed by atoms with Crippen LogP contribution >= 0.6 is 0 Å². The summed E-state index contributed by atoms with van der Waals surface area (Å²) in [7, 11) is 0. The molecule has 0 spiro atoms. The molecule has 14 heavy (non-hydrogen) atoms. The number of rotatable bonds is 4. The topological polar surface area (TPSA) is 20.2 Å². The molecule has 0 heterocycles. The molecule has 0 radical (unpaired) electrons. The predicted molar refractivity (Wildman–Crippen MR) is 61.3 cm³/mol. The van der Waals surface area contributed by atoms with Gasteiger partial charge in [-0.1, -0.05) is 40.5 Å². The van der Waals surface area contributed by atoms with Crippen LogP contribution in [0.5, 0.6) is 0 Å². The lowest BCUT2D eigenvalue weighted by Crippen LogP contribution is -2.29. The fourth-order valence-electron chi connectivity index (χ4n) is 2.93. The Morgan fingerprint density at radius 3 is 2.07 bits per heavy atom. The standard InChI is InChI=1S/C13H26O/c1-5-11(6-2)9-13(14)8-7-12(3,4)10-13/h11,14H,5-10H2,1-4H3. The summed E-state index contributed by atoms with van der Waals surface area (Å²) in [5.74, 6) is 0.717. The molecule has 1 nitrogen and oxygen atoms in total. The van der Waals surface area contributed by atoms with Gasteiger partial charge in [0.15, 0.2) is 0 Å². The zero-order valence-corrected chi connectivity index (χ0v) is 10.3. The first-order valence-corrected chi connectivity index (χ1v) is 6.13. The van der Waals surface area contributed by atoms with Gasteiger partial charge >= 0.3 is 0 Å². The number of aliphatic hydroxyl groups is 1. The summed E-state index contributed by atoms with van der Waals surface area (Å²) in [5.41, 5.74) is 0.0149. The first-order valence-electron chi connectivity index (χ1n) is 6.13. The third-order valence-electron chi connectivity index (χ3n) is 3.90. The Morgan fingerprint density at radius 1 is 1.14 bits per heavy atom. The molecular formula is C13H26O. The zero-order valence-electron chi connectivity index (χ0n) is 10.3. The molecule has 1 atom stereocenters. The fourth-order valence-corrected chi connectivity index (χ4v) is 2.93. The fraction of sp³-hybridized carbons (Fsp3) is 1.00. The summed E-state index contributed by atoms with van der Waals surface area (Å²) in [5, 5.41) is 10.5. The normalized spacial score (nSPS) is 31.3. The average molecular weight is 198 g/mol. The molecule has 1 N–H and O–H groups in total.